The molecule has 4 heterocycles. The van der Waals surface area contributed by atoms with Crippen molar-refractivity contribution in [2.24, 2.45) is 0 Å². The van der Waals surface area contributed by atoms with Crippen LogP contribution in [0.1, 0.15) is 40.7 Å². The van der Waals surface area contributed by atoms with Gasteiger partial charge in [-0.25, -0.2) is 4.79 Å². The van der Waals surface area contributed by atoms with Gasteiger partial charge in [0.05, 0.1) is 19.4 Å². The van der Waals surface area contributed by atoms with Crippen LogP contribution in [0.25, 0.3) is 0 Å². The summed E-state index contributed by atoms with van der Waals surface area (Å²) >= 11 is 0. The lowest BCUT2D eigenvalue weighted by atomic mass is 9.93. The van der Waals surface area contributed by atoms with Crippen molar-refractivity contribution >= 4 is 17.9 Å². The molecule has 0 aliphatic carbocycles. The molecule has 2 aromatic heterocycles. The third-order valence-electron chi connectivity index (χ3n) is 5.29. The molecule has 2 fully saturated rings. The van der Waals surface area contributed by atoms with Crippen molar-refractivity contribution in [3.63, 3.8) is 0 Å². The van der Waals surface area contributed by atoms with Crippen LogP contribution in [-0.4, -0.2) is 70.7 Å². The van der Waals surface area contributed by atoms with Crippen LogP contribution < -0.4 is 5.32 Å². The number of cyclic esters (lactones) is 1. The number of carbonyl (C=O) groups excluding carboxylic acids is 3. The summed E-state index contributed by atoms with van der Waals surface area (Å²) in [5, 5.41) is 9.83. The van der Waals surface area contributed by atoms with Crippen molar-refractivity contribution in [3.8, 4) is 0 Å². The molecule has 3 amide bonds. The molecule has 2 aliphatic heterocycles. The summed E-state index contributed by atoms with van der Waals surface area (Å²) in [6, 6.07) is 5.32. The first kappa shape index (κ1) is 19.0. The van der Waals surface area contributed by atoms with E-state index in [1.54, 1.807) is 29.4 Å². The summed E-state index contributed by atoms with van der Waals surface area (Å²) in [7, 11) is 0. The quantitative estimate of drug-likeness (QED) is 0.748. The van der Waals surface area contributed by atoms with Gasteiger partial charge < -0.3 is 19.4 Å². The molecule has 0 bridgehead atoms. The molecule has 0 unspecified atom stereocenters. The van der Waals surface area contributed by atoms with Gasteiger partial charge in [0.25, 0.3) is 5.91 Å². The van der Waals surface area contributed by atoms with Gasteiger partial charge in [-0.2, -0.15) is 5.10 Å². The van der Waals surface area contributed by atoms with Gasteiger partial charge in [0.1, 0.15) is 24.6 Å². The van der Waals surface area contributed by atoms with E-state index < -0.39 is 6.09 Å². The highest BCUT2D eigenvalue weighted by molar-refractivity contribution is 5.92. The number of aromatic nitrogens is 2. The van der Waals surface area contributed by atoms with Gasteiger partial charge in [0.2, 0.25) is 5.91 Å². The summed E-state index contributed by atoms with van der Waals surface area (Å²) in [5.41, 5.74) is 1.22. The Morgan fingerprint density at radius 3 is 2.79 bits per heavy atom. The first-order valence-electron chi connectivity index (χ1n) is 9.65. The number of nitrogens with one attached hydrogen (secondary N) is 2. The lowest BCUT2D eigenvalue weighted by Crippen LogP contribution is -2.44. The van der Waals surface area contributed by atoms with E-state index in [2.05, 4.69) is 15.5 Å². The Kier molecular flexibility index (Phi) is 5.50. The monoisotopic (exact) mass is 401 g/mol. The number of likely N-dealkylation sites (tertiary alicyclic amines) is 1. The molecule has 154 valence electrons. The Morgan fingerprint density at radius 1 is 1.28 bits per heavy atom. The third kappa shape index (κ3) is 4.41. The van der Waals surface area contributed by atoms with Crippen LogP contribution in [0.2, 0.25) is 0 Å². The van der Waals surface area contributed by atoms with Crippen molar-refractivity contribution < 1.29 is 23.5 Å². The number of piperidine rings is 1. The van der Waals surface area contributed by atoms with Crippen LogP contribution >= 0.6 is 0 Å². The number of hydrogen-bond donors (Lipinski definition) is 2. The fourth-order valence-corrected chi connectivity index (χ4v) is 3.61. The number of amides is 3. The summed E-state index contributed by atoms with van der Waals surface area (Å²) < 4.78 is 10.0. The van der Waals surface area contributed by atoms with Crippen LogP contribution in [0, 0.1) is 0 Å². The average Bonchev–Trinajstić information content (AvgIpc) is 3.49. The minimum Gasteiger partial charge on any atom is -0.467 e. The molecular formula is C19H23N5O5. The van der Waals surface area contributed by atoms with Crippen molar-refractivity contribution in [1.29, 1.82) is 0 Å². The van der Waals surface area contributed by atoms with E-state index in [1.165, 1.54) is 4.90 Å². The zero-order valence-corrected chi connectivity index (χ0v) is 15.9. The SMILES string of the molecule is O=C(NCc1ccco1)c1cc(C2CCN(C(=O)CN3CCOC3=O)CC2)[nH]n1. The number of hydrogen-bond acceptors (Lipinski definition) is 6. The Hall–Kier alpha value is -3.30. The number of nitrogens with zero attached hydrogens (tertiary/aromatic N) is 3. The molecule has 0 spiro atoms. The molecule has 2 aromatic rings. The van der Waals surface area contributed by atoms with E-state index in [9.17, 15) is 14.4 Å². The Balaban J connectivity index is 1.26. The highest BCUT2D eigenvalue weighted by Crippen LogP contribution is 2.27. The number of furan rings is 1. The van der Waals surface area contributed by atoms with Crippen molar-refractivity contribution in [2.45, 2.75) is 25.3 Å². The Bertz CT molecular complexity index is 869. The number of rotatable bonds is 6. The lowest BCUT2D eigenvalue weighted by molar-refractivity contribution is -0.132. The molecule has 2 saturated heterocycles. The largest absolute Gasteiger partial charge is 0.467 e. The predicted molar refractivity (Wildman–Crippen MR) is 99.9 cm³/mol. The zero-order chi connectivity index (χ0) is 20.2. The first-order chi connectivity index (χ1) is 14.1. The van der Waals surface area contributed by atoms with E-state index in [0.717, 1.165) is 18.5 Å². The van der Waals surface area contributed by atoms with Crippen LogP contribution in [-0.2, 0) is 16.1 Å². The maximum atomic E-state index is 12.4. The molecular weight excluding hydrogens is 378 g/mol. The first-order valence-corrected chi connectivity index (χ1v) is 9.65. The molecule has 10 nitrogen and oxygen atoms in total. The summed E-state index contributed by atoms with van der Waals surface area (Å²) in [6.07, 6.45) is 2.67. The number of ether oxygens (including phenoxy) is 1. The molecule has 0 saturated carbocycles. The van der Waals surface area contributed by atoms with Crippen LogP contribution in [0.4, 0.5) is 4.79 Å². The van der Waals surface area contributed by atoms with Crippen molar-refractivity contribution in [1.82, 2.24) is 25.3 Å². The van der Waals surface area contributed by atoms with Gasteiger partial charge in [0.15, 0.2) is 0 Å². The van der Waals surface area contributed by atoms with E-state index >= 15 is 0 Å². The number of aromatic amines is 1. The normalized spacial score (nSPS) is 17.4. The minimum atomic E-state index is -0.427. The Morgan fingerprint density at radius 2 is 2.10 bits per heavy atom. The smallest absolute Gasteiger partial charge is 0.410 e. The molecule has 2 N–H and O–H groups in total. The maximum absolute atomic E-state index is 12.4. The maximum Gasteiger partial charge on any atom is 0.410 e. The topological polar surface area (TPSA) is 121 Å². The van der Waals surface area contributed by atoms with E-state index in [4.69, 9.17) is 9.15 Å². The fourth-order valence-electron chi connectivity index (χ4n) is 3.61. The molecule has 29 heavy (non-hydrogen) atoms. The van der Waals surface area contributed by atoms with Gasteiger partial charge in [-0.15, -0.1) is 0 Å². The average molecular weight is 401 g/mol. The van der Waals surface area contributed by atoms with Gasteiger partial charge in [0, 0.05) is 24.7 Å². The molecule has 10 heteroatoms. The van der Waals surface area contributed by atoms with Crippen molar-refractivity contribution in [3.05, 3.63) is 41.6 Å². The molecule has 0 atom stereocenters. The second-order valence-corrected chi connectivity index (χ2v) is 7.16. The predicted octanol–water partition coefficient (Wildman–Crippen LogP) is 1.09. The van der Waals surface area contributed by atoms with Gasteiger partial charge >= 0.3 is 6.09 Å². The van der Waals surface area contributed by atoms with E-state index in [0.29, 0.717) is 44.2 Å². The third-order valence-corrected chi connectivity index (χ3v) is 5.29. The number of H-pyrrole nitrogens is 1. The van der Waals surface area contributed by atoms with Gasteiger partial charge in [-0.3, -0.25) is 19.6 Å². The molecule has 4 rings (SSSR count). The van der Waals surface area contributed by atoms with Crippen LogP contribution in [0.15, 0.2) is 28.9 Å². The molecule has 0 aromatic carbocycles. The van der Waals surface area contributed by atoms with E-state index in [1.807, 2.05) is 0 Å². The fraction of sp³-hybridized carbons (Fsp3) is 0.474. The lowest BCUT2D eigenvalue weighted by Gasteiger charge is -2.32. The standard InChI is InChI=1S/C19H23N5O5/c25-17(12-24-7-9-29-19(24)27)23-5-3-13(4-6-23)15-10-16(22-21-15)18(26)20-11-14-2-1-8-28-14/h1-2,8,10,13H,3-7,9,11-12H2,(H,20,26)(H,21,22). The van der Waals surface area contributed by atoms with Crippen LogP contribution in [0.5, 0.6) is 0 Å². The highest BCUT2D eigenvalue weighted by Gasteiger charge is 2.29. The van der Waals surface area contributed by atoms with Crippen molar-refractivity contribution in [2.75, 3.05) is 32.8 Å². The Labute approximate surface area is 167 Å². The number of carbonyl (C=O) groups is 3. The zero-order valence-electron chi connectivity index (χ0n) is 15.9. The van der Waals surface area contributed by atoms with Crippen LogP contribution in [0.3, 0.4) is 0 Å². The van der Waals surface area contributed by atoms with Gasteiger partial charge in [-0.05, 0) is 31.0 Å². The minimum absolute atomic E-state index is 0.0630. The second kappa shape index (κ2) is 8.38. The molecule has 2 aliphatic rings. The van der Waals surface area contributed by atoms with Gasteiger partial charge in [-0.1, -0.05) is 0 Å². The summed E-state index contributed by atoms with van der Waals surface area (Å²) in [4.78, 5) is 39.3. The second-order valence-electron chi connectivity index (χ2n) is 7.16. The summed E-state index contributed by atoms with van der Waals surface area (Å²) in [5.74, 6) is 0.544. The van der Waals surface area contributed by atoms with E-state index in [-0.39, 0.29) is 24.3 Å². The molecule has 0 radical (unpaired) electrons. The highest BCUT2D eigenvalue weighted by atomic mass is 16.6. The summed E-state index contributed by atoms with van der Waals surface area (Å²) in [6.45, 7) is 2.37.